The Hall–Kier alpha value is -3.82. The van der Waals surface area contributed by atoms with Gasteiger partial charge in [0.15, 0.2) is 16.9 Å². The third kappa shape index (κ3) is 3.04. The summed E-state index contributed by atoms with van der Waals surface area (Å²) >= 11 is 0. The number of rotatable bonds is 5. The third-order valence-corrected chi connectivity index (χ3v) is 4.38. The van der Waals surface area contributed by atoms with Crippen molar-refractivity contribution in [3.05, 3.63) is 57.8 Å². The summed E-state index contributed by atoms with van der Waals surface area (Å²) < 4.78 is 6.99. The van der Waals surface area contributed by atoms with Crippen molar-refractivity contribution in [1.82, 2.24) is 25.0 Å². The van der Waals surface area contributed by atoms with Crippen molar-refractivity contribution in [2.75, 3.05) is 5.73 Å². The molecule has 3 heterocycles. The molecule has 0 aliphatic heterocycles. The highest BCUT2D eigenvalue weighted by molar-refractivity contribution is 5.85. The molecule has 0 saturated heterocycles. The quantitative estimate of drug-likeness (QED) is 0.412. The van der Waals surface area contributed by atoms with Crippen LogP contribution in [0.4, 0.5) is 11.6 Å². The summed E-state index contributed by atoms with van der Waals surface area (Å²) in [4.78, 5) is 19.4. The molecule has 4 aromatic rings. The van der Waals surface area contributed by atoms with Crippen LogP contribution in [0.15, 0.2) is 41.0 Å². The van der Waals surface area contributed by atoms with Crippen molar-refractivity contribution < 1.29 is 9.34 Å². The minimum Gasteiger partial charge on any atom is -0.463 e. The SMILES string of the molecule is CC(C)c1cc(Cn2nnc3c(-c4ccco4)nc(N)nc32)ccc1[N+](=O)[O-]. The van der Waals surface area contributed by atoms with Crippen LogP contribution in [0.5, 0.6) is 0 Å². The smallest absolute Gasteiger partial charge is 0.272 e. The number of furan rings is 1. The molecule has 2 N–H and O–H groups in total. The molecular formula is C18H17N7O3. The number of anilines is 1. The number of nitrogens with zero attached hydrogens (tertiary/aromatic N) is 6. The van der Waals surface area contributed by atoms with Gasteiger partial charge in [-0.15, -0.1) is 5.10 Å². The lowest BCUT2D eigenvalue weighted by Crippen LogP contribution is -2.06. The highest BCUT2D eigenvalue weighted by Gasteiger charge is 2.19. The van der Waals surface area contributed by atoms with Crippen LogP contribution in [0.3, 0.4) is 0 Å². The maximum Gasteiger partial charge on any atom is 0.272 e. The van der Waals surface area contributed by atoms with E-state index in [9.17, 15) is 10.1 Å². The summed E-state index contributed by atoms with van der Waals surface area (Å²) in [5, 5.41) is 19.6. The Bertz CT molecular complexity index is 1170. The first kappa shape index (κ1) is 17.6. The van der Waals surface area contributed by atoms with Crippen LogP contribution in [0, 0.1) is 10.1 Å². The van der Waals surface area contributed by atoms with Crippen LogP contribution in [-0.4, -0.2) is 29.9 Å². The molecule has 0 bridgehead atoms. The molecule has 28 heavy (non-hydrogen) atoms. The molecule has 0 atom stereocenters. The van der Waals surface area contributed by atoms with Crippen molar-refractivity contribution in [3.8, 4) is 11.5 Å². The second-order valence-electron chi connectivity index (χ2n) is 6.63. The van der Waals surface area contributed by atoms with E-state index in [2.05, 4.69) is 20.3 Å². The van der Waals surface area contributed by atoms with Gasteiger partial charge < -0.3 is 10.2 Å². The Kier molecular flexibility index (Phi) is 4.22. The van der Waals surface area contributed by atoms with Gasteiger partial charge in [-0.05, 0) is 29.7 Å². The number of nitrogens with two attached hydrogens (primary N) is 1. The van der Waals surface area contributed by atoms with Gasteiger partial charge in [-0.3, -0.25) is 10.1 Å². The van der Waals surface area contributed by atoms with E-state index >= 15 is 0 Å². The Balaban J connectivity index is 1.77. The van der Waals surface area contributed by atoms with E-state index in [-0.39, 0.29) is 22.5 Å². The Morgan fingerprint density at radius 2 is 2.11 bits per heavy atom. The molecule has 0 aliphatic rings. The lowest BCUT2D eigenvalue weighted by atomic mass is 9.98. The van der Waals surface area contributed by atoms with Gasteiger partial charge in [-0.1, -0.05) is 25.1 Å². The minimum absolute atomic E-state index is 0.0105. The van der Waals surface area contributed by atoms with E-state index in [1.807, 2.05) is 19.9 Å². The van der Waals surface area contributed by atoms with Crippen LogP contribution < -0.4 is 5.73 Å². The molecule has 0 fully saturated rings. The van der Waals surface area contributed by atoms with Crippen LogP contribution in [0.25, 0.3) is 22.6 Å². The van der Waals surface area contributed by atoms with E-state index in [0.29, 0.717) is 34.7 Å². The van der Waals surface area contributed by atoms with Gasteiger partial charge in [0.05, 0.1) is 17.7 Å². The van der Waals surface area contributed by atoms with Crippen LogP contribution in [0.2, 0.25) is 0 Å². The Morgan fingerprint density at radius 1 is 1.29 bits per heavy atom. The van der Waals surface area contributed by atoms with E-state index in [4.69, 9.17) is 10.2 Å². The fraction of sp³-hybridized carbons (Fsp3) is 0.222. The van der Waals surface area contributed by atoms with Gasteiger partial charge in [0.1, 0.15) is 5.69 Å². The molecule has 0 amide bonds. The van der Waals surface area contributed by atoms with Gasteiger partial charge in [0.2, 0.25) is 5.95 Å². The van der Waals surface area contributed by atoms with Crippen molar-refractivity contribution in [2.45, 2.75) is 26.3 Å². The van der Waals surface area contributed by atoms with Gasteiger partial charge in [0.25, 0.3) is 5.69 Å². The molecule has 142 valence electrons. The summed E-state index contributed by atoms with van der Waals surface area (Å²) in [5.74, 6) is 0.606. The topological polar surface area (TPSA) is 139 Å². The molecule has 0 saturated carbocycles. The minimum atomic E-state index is -0.368. The fourth-order valence-corrected chi connectivity index (χ4v) is 3.07. The summed E-state index contributed by atoms with van der Waals surface area (Å²) in [5.41, 5.74) is 8.87. The standard InChI is InChI=1S/C18H17N7O3/c1-10(2)12-8-11(5-6-13(12)25(26)27)9-24-17-16(22-23-24)15(20-18(19)21-17)14-4-3-7-28-14/h3-8,10H,9H2,1-2H3,(H2,19,20,21). The lowest BCUT2D eigenvalue weighted by Gasteiger charge is -2.09. The predicted octanol–water partition coefficient (Wildman–Crippen LogP) is 3.14. The first-order valence-corrected chi connectivity index (χ1v) is 8.62. The summed E-state index contributed by atoms with van der Waals surface area (Å²) in [6, 6.07) is 8.53. The number of hydrogen-bond donors (Lipinski definition) is 1. The van der Waals surface area contributed by atoms with Gasteiger partial charge >= 0.3 is 0 Å². The fourth-order valence-electron chi connectivity index (χ4n) is 3.07. The predicted molar refractivity (Wildman–Crippen MR) is 102 cm³/mol. The molecule has 0 unspecified atom stereocenters. The van der Waals surface area contributed by atoms with E-state index in [0.717, 1.165) is 5.56 Å². The Morgan fingerprint density at radius 3 is 2.79 bits per heavy atom. The van der Waals surface area contributed by atoms with Crippen molar-refractivity contribution in [3.63, 3.8) is 0 Å². The van der Waals surface area contributed by atoms with Crippen molar-refractivity contribution >= 4 is 22.8 Å². The largest absolute Gasteiger partial charge is 0.463 e. The number of nitro groups is 1. The summed E-state index contributed by atoms with van der Waals surface area (Å²) in [7, 11) is 0. The molecule has 10 nitrogen and oxygen atoms in total. The number of aromatic nitrogens is 5. The van der Waals surface area contributed by atoms with Crippen LogP contribution in [-0.2, 0) is 6.54 Å². The highest BCUT2D eigenvalue weighted by atomic mass is 16.6. The maximum atomic E-state index is 11.3. The van der Waals surface area contributed by atoms with Crippen molar-refractivity contribution in [2.24, 2.45) is 0 Å². The molecule has 0 spiro atoms. The number of nitro benzene ring substituents is 1. The van der Waals surface area contributed by atoms with E-state index in [1.165, 1.54) is 12.3 Å². The van der Waals surface area contributed by atoms with E-state index < -0.39 is 0 Å². The maximum absolute atomic E-state index is 11.3. The zero-order valence-corrected chi connectivity index (χ0v) is 15.2. The lowest BCUT2D eigenvalue weighted by molar-refractivity contribution is -0.385. The monoisotopic (exact) mass is 379 g/mol. The molecule has 3 aromatic heterocycles. The first-order valence-electron chi connectivity index (χ1n) is 8.62. The molecule has 0 aliphatic carbocycles. The second kappa shape index (κ2) is 6.72. The van der Waals surface area contributed by atoms with Gasteiger partial charge in [-0.25, -0.2) is 9.67 Å². The van der Waals surface area contributed by atoms with E-state index in [1.54, 1.807) is 22.9 Å². The average Bonchev–Trinajstić information content (AvgIpc) is 3.31. The molecule has 0 radical (unpaired) electrons. The molecule has 4 rings (SSSR count). The number of nitrogen functional groups attached to an aromatic ring is 1. The molecule has 10 heteroatoms. The summed E-state index contributed by atoms with van der Waals surface area (Å²) in [6.07, 6.45) is 1.54. The third-order valence-electron chi connectivity index (χ3n) is 4.38. The Labute approximate surface area is 159 Å². The number of benzene rings is 1. The number of fused-ring (bicyclic) bond motifs is 1. The molecule has 1 aromatic carbocycles. The zero-order chi connectivity index (χ0) is 19.8. The normalized spacial score (nSPS) is 11.4. The second-order valence-corrected chi connectivity index (χ2v) is 6.63. The van der Waals surface area contributed by atoms with Crippen LogP contribution in [0.1, 0.15) is 30.9 Å². The summed E-state index contributed by atoms with van der Waals surface area (Å²) in [6.45, 7) is 4.17. The molecular weight excluding hydrogens is 362 g/mol. The van der Waals surface area contributed by atoms with Crippen LogP contribution >= 0.6 is 0 Å². The van der Waals surface area contributed by atoms with Gasteiger partial charge in [-0.2, -0.15) is 4.98 Å². The highest BCUT2D eigenvalue weighted by Crippen LogP contribution is 2.29. The first-order chi connectivity index (χ1) is 13.4. The number of hydrogen-bond acceptors (Lipinski definition) is 8. The van der Waals surface area contributed by atoms with Gasteiger partial charge in [0, 0.05) is 11.6 Å². The van der Waals surface area contributed by atoms with Crippen molar-refractivity contribution in [1.29, 1.82) is 0 Å². The zero-order valence-electron chi connectivity index (χ0n) is 15.2. The average molecular weight is 379 g/mol.